The lowest BCUT2D eigenvalue weighted by Gasteiger charge is -2.27. The number of carbonyl (C=O) groups excluding carboxylic acids is 1. The first-order valence-electron chi connectivity index (χ1n) is 8.61. The molecule has 3 rings (SSSR count). The van der Waals surface area contributed by atoms with Crippen LogP contribution in [0, 0.1) is 5.82 Å². The Morgan fingerprint density at radius 3 is 2.74 bits per heavy atom. The second-order valence-electron chi connectivity index (χ2n) is 6.71. The van der Waals surface area contributed by atoms with Crippen LogP contribution < -0.4 is 15.5 Å². The van der Waals surface area contributed by atoms with Gasteiger partial charge in [-0.1, -0.05) is 12.1 Å². The second kappa shape index (κ2) is 7.56. The predicted octanol–water partition coefficient (Wildman–Crippen LogP) is 2.93. The van der Waals surface area contributed by atoms with Crippen molar-refractivity contribution in [1.29, 1.82) is 0 Å². The number of halogens is 1. The fourth-order valence-corrected chi connectivity index (χ4v) is 3.78. The lowest BCUT2D eigenvalue weighted by Crippen LogP contribution is -2.29. The third-order valence-corrected chi connectivity index (χ3v) is 5.67. The average molecular weight is 391 g/mol. The number of benzene rings is 2. The van der Waals surface area contributed by atoms with E-state index in [1.54, 1.807) is 0 Å². The molecule has 8 heteroatoms. The molecule has 0 atom stereocenters. The average Bonchev–Trinajstić information content (AvgIpc) is 2.61. The fraction of sp³-hybridized carbons (Fsp3) is 0.316. The molecule has 0 bridgehead atoms. The summed E-state index contributed by atoms with van der Waals surface area (Å²) in [6, 6.07) is 8.75. The Morgan fingerprint density at radius 2 is 2.00 bits per heavy atom. The maximum atomic E-state index is 13.9. The van der Waals surface area contributed by atoms with Gasteiger partial charge in [0.25, 0.3) is 0 Å². The Morgan fingerprint density at radius 1 is 1.22 bits per heavy atom. The molecule has 0 radical (unpaired) electrons. The summed E-state index contributed by atoms with van der Waals surface area (Å²) in [4.78, 5) is 14.2. The molecule has 2 amide bonds. The standard InChI is InChI=1S/C19H22FN3O3S/c1-23-9-3-4-14-10-13(5-8-18(14)23)12-21-19(24)22-17-11-15(27(2,25)26)6-7-16(17)20/h5-8,10-11H,3-4,9,12H2,1-2H3,(H2,21,22,24). The van der Waals surface area contributed by atoms with Gasteiger partial charge in [0.2, 0.25) is 0 Å². The fourth-order valence-electron chi connectivity index (χ4n) is 3.13. The van der Waals surface area contributed by atoms with Crippen molar-refractivity contribution in [2.24, 2.45) is 0 Å². The molecule has 0 saturated carbocycles. The number of nitrogens with one attached hydrogen (secondary N) is 2. The van der Waals surface area contributed by atoms with E-state index in [0.29, 0.717) is 0 Å². The molecule has 0 fully saturated rings. The summed E-state index contributed by atoms with van der Waals surface area (Å²) in [5.41, 5.74) is 3.22. The summed E-state index contributed by atoms with van der Waals surface area (Å²) in [6.07, 6.45) is 3.12. The van der Waals surface area contributed by atoms with E-state index in [4.69, 9.17) is 0 Å². The monoisotopic (exact) mass is 391 g/mol. The molecule has 1 aliphatic heterocycles. The summed E-state index contributed by atoms with van der Waals surface area (Å²) in [7, 11) is -1.43. The van der Waals surface area contributed by atoms with Gasteiger partial charge in [0.15, 0.2) is 9.84 Å². The van der Waals surface area contributed by atoms with E-state index in [2.05, 4.69) is 28.6 Å². The number of anilines is 2. The van der Waals surface area contributed by atoms with Gasteiger partial charge < -0.3 is 15.5 Å². The highest BCUT2D eigenvalue weighted by Crippen LogP contribution is 2.26. The van der Waals surface area contributed by atoms with Gasteiger partial charge in [0, 0.05) is 32.1 Å². The van der Waals surface area contributed by atoms with Gasteiger partial charge in [0.05, 0.1) is 10.6 Å². The molecule has 6 nitrogen and oxygen atoms in total. The largest absolute Gasteiger partial charge is 0.374 e. The van der Waals surface area contributed by atoms with Gasteiger partial charge in [-0.25, -0.2) is 17.6 Å². The van der Waals surface area contributed by atoms with Crippen molar-refractivity contribution in [2.45, 2.75) is 24.3 Å². The first-order valence-corrected chi connectivity index (χ1v) is 10.5. The van der Waals surface area contributed by atoms with Crippen LogP contribution in [0.3, 0.4) is 0 Å². The van der Waals surface area contributed by atoms with Crippen LogP contribution >= 0.6 is 0 Å². The van der Waals surface area contributed by atoms with Crippen molar-refractivity contribution < 1.29 is 17.6 Å². The summed E-state index contributed by atoms with van der Waals surface area (Å²) in [5.74, 6) is -0.700. The van der Waals surface area contributed by atoms with Crippen molar-refractivity contribution in [3.63, 3.8) is 0 Å². The number of hydrogen-bond donors (Lipinski definition) is 2. The molecule has 1 heterocycles. The molecule has 0 aliphatic carbocycles. The Balaban J connectivity index is 1.65. The number of carbonyl (C=O) groups is 1. The SMILES string of the molecule is CN1CCCc2cc(CNC(=O)Nc3cc(S(C)(=O)=O)ccc3F)ccc21. The topological polar surface area (TPSA) is 78.5 Å². The Hall–Kier alpha value is -2.61. The second-order valence-corrected chi connectivity index (χ2v) is 8.73. The minimum absolute atomic E-state index is 0.0574. The van der Waals surface area contributed by atoms with Gasteiger partial charge in [-0.2, -0.15) is 0 Å². The van der Waals surface area contributed by atoms with Crippen LogP contribution in [-0.4, -0.2) is 34.3 Å². The normalized spacial score (nSPS) is 13.8. The molecular weight excluding hydrogens is 369 g/mol. The number of urea groups is 1. The number of hydrogen-bond acceptors (Lipinski definition) is 4. The Bertz CT molecular complexity index is 976. The van der Waals surface area contributed by atoms with Crippen LogP contribution in [0.4, 0.5) is 20.6 Å². The first kappa shape index (κ1) is 19.2. The van der Waals surface area contributed by atoms with Crippen LogP contribution in [-0.2, 0) is 22.8 Å². The zero-order chi connectivity index (χ0) is 19.6. The van der Waals surface area contributed by atoms with E-state index < -0.39 is 21.7 Å². The van der Waals surface area contributed by atoms with E-state index in [0.717, 1.165) is 49.4 Å². The number of aryl methyl sites for hydroxylation is 1. The molecule has 0 unspecified atom stereocenters. The molecule has 2 aromatic rings. The highest BCUT2D eigenvalue weighted by atomic mass is 32.2. The van der Waals surface area contributed by atoms with Crippen LogP contribution in [0.1, 0.15) is 17.5 Å². The molecular formula is C19H22FN3O3S. The third-order valence-electron chi connectivity index (χ3n) is 4.56. The van der Waals surface area contributed by atoms with Crippen molar-refractivity contribution >= 4 is 27.2 Å². The van der Waals surface area contributed by atoms with E-state index in [1.165, 1.54) is 11.3 Å². The highest BCUT2D eigenvalue weighted by Gasteiger charge is 2.15. The number of sulfone groups is 1. The first-order chi connectivity index (χ1) is 12.7. The van der Waals surface area contributed by atoms with Crippen LogP contribution in [0.15, 0.2) is 41.3 Å². The Labute approximate surface area is 158 Å². The minimum atomic E-state index is -3.49. The lowest BCUT2D eigenvalue weighted by atomic mass is 9.99. The molecule has 27 heavy (non-hydrogen) atoms. The van der Waals surface area contributed by atoms with Crippen LogP contribution in [0.25, 0.3) is 0 Å². The van der Waals surface area contributed by atoms with Crippen molar-refractivity contribution in [3.05, 3.63) is 53.3 Å². The Kier molecular flexibility index (Phi) is 5.36. The number of fused-ring (bicyclic) bond motifs is 1. The lowest BCUT2D eigenvalue weighted by molar-refractivity contribution is 0.251. The molecule has 0 saturated heterocycles. The van der Waals surface area contributed by atoms with Crippen LogP contribution in [0.2, 0.25) is 0 Å². The zero-order valence-electron chi connectivity index (χ0n) is 15.3. The number of rotatable bonds is 4. The molecule has 0 aromatic heterocycles. The quantitative estimate of drug-likeness (QED) is 0.786. The summed E-state index contributed by atoms with van der Waals surface area (Å²) < 4.78 is 37.0. The van der Waals surface area contributed by atoms with E-state index in [-0.39, 0.29) is 17.1 Å². The van der Waals surface area contributed by atoms with E-state index in [9.17, 15) is 17.6 Å². The smallest absolute Gasteiger partial charge is 0.319 e. The predicted molar refractivity (Wildman–Crippen MR) is 103 cm³/mol. The van der Waals surface area contributed by atoms with Gasteiger partial charge in [-0.15, -0.1) is 0 Å². The summed E-state index contributed by atoms with van der Waals surface area (Å²) >= 11 is 0. The molecule has 2 N–H and O–H groups in total. The van der Waals surface area contributed by atoms with Crippen LogP contribution in [0.5, 0.6) is 0 Å². The molecule has 144 valence electrons. The van der Waals surface area contributed by atoms with Crippen molar-refractivity contribution in [1.82, 2.24) is 5.32 Å². The van der Waals surface area contributed by atoms with E-state index in [1.807, 2.05) is 12.1 Å². The summed E-state index contributed by atoms with van der Waals surface area (Å²) in [5, 5.41) is 5.04. The van der Waals surface area contributed by atoms with E-state index >= 15 is 0 Å². The molecule has 1 aliphatic rings. The maximum Gasteiger partial charge on any atom is 0.319 e. The number of amides is 2. The highest BCUT2D eigenvalue weighted by molar-refractivity contribution is 7.90. The van der Waals surface area contributed by atoms with Gasteiger partial charge in [-0.3, -0.25) is 0 Å². The maximum absolute atomic E-state index is 13.9. The third kappa shape index (κ3) is 4.57. The van der Waals surface area contributed by atoms with Crippen molar-refractivity contribution in [3.8, 4) is 0 Å². The van der Waals surface area contributed by atoms with Gasteiger partial charge in [-0.05, 0) is 48.2 Å². The zero-order valence-corrected chi connectivity index (χ0v) is 16.1. The van der Waals surface area contributed by atoms with Gasteiger partial charge in [0.1, 0.15) is 5.82 Å². The summed E-state index contributed by atoms with van der Waals surface area (Å²) in [6.45, 7) is 1.32. The van der Waals surface area contributed by atoms with Crippen molar-refractivity contribution in [2.75, 3.05) is 30.1 Å². The molecule has 0 spiro atoms. The van der Waals surface area contributed by atoms with Gasteiger partial charge >= 0.3 is 6.03 Å². The number of nitrogens with zero attached hydrogens (tertiary/aromatic N) is 1. The molecule has 2 aromatic carbocycles. The minimum Gasteiger partial charge on any atom is -0.374 e.